The number of nitrogens with zero attached hydrogens (tertiary/aromatic N) is 2. The number of aromatic nitrogens is 2. The summed E-state index contributed by atoms with van der Waals surface area (Å²) in [6.45, 7) is 2.30. The number of H-pyrrole nitrogens is 1. The van der Waals surface area contributed by atoms with Crippen molar-refractivity contribution in [3.8, 4) is 0 Å². The van der Waals surface area contributed by atoms with E-state index in [9.17, 15) is 4.79 Å². The van der Waals surface area contributed by atoms with Crippen LogP contribution in [0.15, 0.2) is 6.07 Å². The first kappa shape index (κ1) is 10.0. The Kier molecular flexibility index (Phi) is 2.62. The van der Waals surface area contributed by atoms with E-state index >= 15 is 0 Å². The molecule has 5 heteroatoms. The lowest BCUT2D eigenvalue weighted by atomic mass is 10.4. The smallest absolute Gasteiger partial charge is 0.239 e. The zero-order valence-corrected chi connectivity index (χ0v) is 9.08. The highest BCUT2D eigenvalue weighted by atomic mass is 16.2. The van der Waals surface area contributed by atoms with Gasteiger partial charge in [0, 0.05) is 24.8 Å². The average molecular weight is 208 g/mol. The van der Waals surface area contributed by atoms with E-state index in [0.717, 1.165) is 24.4 Å². The Morgan fingerprint density at radius 3 is 3.00 bits per heavy atom. The van der Waals surface area contributed by atoms with Crippen LogP contribution in [-0.4, -0.2) is 35.7 Å². The second kappa shape index (κ2) is 3.92. The van der Waals surface area contributed by atoms with Gasteiger partial charge in [0.2, 0.25) is 5.91 Å². The van der Waals surface area contributed by atoms with Crippen molar-refractivity contribution < 1.29 is 4.79 Å². The monoisotopic (exact) mass is 208 g/mol. The average Bonchev–Trinajstić information content (AvgIpc) is 2.85. The van der Waals surface area contributed by atoms with Gasteiger partial charge in [0.25, 0.3) is 0 Å². The van der Waals surface area contributed by atoms with Crippen LogP contribution in [0, 0.1) is 6.92 Å². The van der Waals surface area contributed by atoms with Crippen LogP contribution in [0.4, 0.5) is 5.82 Å². The molecule has 0 aliphatic heterocycles. The number of hydrogen-bond acceptors (Lipinski definition) is 3. The van der Waals surface area contributed by atoms with Crippen LogP contribution in [0.2, 0.25) is 0 Å². The van der Waals surface area contributed by atoms with Crippen molar-refractivity contribution >= 4 is 11.7 Å². The Labute approximate surface area is 88.8 Å². The van der Waals surface area contributed by atoms with Crippen molar-refractivity contribution in [3.05, 3.63) is 11.8 Å². The Bertz CT molecular complexity index is 356. The van der Waals surface area contributed by atoms with Crippen molar-refractivity contribution in [3.63, 3.8) is 0 Å². The molecular weight excluding hydrogens is 192 g/mol. The lowest BCUT2D eigenvalue weighted by molar-refractivity contribution is -0.119. The Morgan fingerprint density at radius 2 is 2.47 bits per heavy atom. The first-order valence-corrected chi connectivity index (χ1v) is 5.17. The molecule has 1 aliphatic rings. The largest absolute Gasteiger partial charge is 0.352 e. The molecule has 0 aromatic carbocycles. The maximum Gasteiger partial charge on any atom is 0.239 e. The van der Waals surface area contributed by atoms with Gasteiger partial charge < -0.3 is 10.2 Å². The van der Waals surface area contributed by atoms with Crippen molar-refractivity contribution in [2.75, 3.05) is 18.5 Å². The van der Waals surface area contributed by atoms with Crippen LogP contribution in [0.25, 0.3) is 0 Å². The van der Waals surface area contributed by atoms with E-state index in [1.54, 1.807) is 0 Å². The fourth-order valence-electron chi connectivity index (χ4n) is 1.40. The number of aryl methyl sites for hydroxylation is 1. The van der Waals surface area contributed by atoms with E-state index in [4.69, 9.17) is 0 Å². The molecule has 1 aliphatic carbocycles. The summed E-state index contributed by atoms with van der Waals surface area (Å²) in [7, 11) is 1.86. The predicted octanol–water partition coefficient (Wildman–Crippen LogP) is 0.433. The summed E-state index contributed by atoms with van der Waals surface area (Å²) in [5.74, 6) is 0.874. The van der Waals surface area contributed by atoms with Gasteiger partial charge in [0.1, 0.15) is 0 Å². The zero-order valence-electron chi connectivity index (χ0n) is 9.08. The van der Waals surface area contributed by atoms with Crippen molar-refractivity contribution in [1.82, 2.24) is 15.5 Å². The molecule has 1 heterocycles. The van der Waals surface area contributed by atoms with E-state index in [-0.39, 0.29) is 5.91 Å². The van der Waals surface area contributed by atoms with Gasteiger partial charge in [-0.25, -0.2) is 0 Å². The van der Waals surface area contributed by atoms with E-state index in [1.807, 2.05) is 24.9 Å². The van der Waals surface area contributed by atoms with Gasteiger partial charge in [0.15, 0.2) is 5.82 Å². The molecule has 15 heavy (non-hydrogen) atoms. The number of nitrogens with one attached hydrogen (secondary N) is 2. The summed E-state index contributed by atoms with van der Waals surface area (Å²) in [6, 6.07) is 2.34. The van der Waals surface area contributed by atoms with Gasteiger partial charge in [-0.05, 0) is 19.8 Å². The number of aromatic amines is 1. The number of anilines is 1. The van der Waals surface area contributed by atoms with Crippen LogP contribution in [0.5, 0.6) is 0 Å². The molecule has 2 N–H and O–H groups in total. The normalized spacial score (nSPS) is 15.1. The summed E-state index contributed by atoms with van der Waals surface area (Å²) in [5, 5.41) is 9.88. The number of carbonyl (C=O) groups excluding carboxylic acids is 1. The minimum atomic E-state index is 0.0700. The Balaban J connectivity index is 1.85. The summed E-state index contributed by atoms with van der Waals surface area (Å²) >= 11 is 0. The van der Waals surface area contributed by atoms with Gasteiger partial charge in [-0.15, -0.1) is 0 Å². The molecule has 0 atom stereocenters. The SMILES string of the molecule is Cc1cc(N(C)CC(=O)NC2CC2)n[nH]1. The number of likely N-dealkylation sites (N-methyl/N-ethyl adjacent to an activating group) is 1. The van der Waals surface area contributed by atoms with Gasteiger partial charge in [-0.1, -0.05) is 0 Å². The third-order valence-corrected chi connectivity index (χ3v) is 2.41. The summed E-state index contributed by atoms with van der Waals surface area (Å²) < 4.78 is 0. The van der Waals surface area contributed by atoms with E-state index < -0.39 is 0 Å². The first-order valence-electron chi connectivity index (χ1n) is 5.17. The highest BCUT2D eigenvalue weighted by Crippen LogP contribution is 2.18. The highest BCUT2D eigenvalue weighted by molar-refractivity contribution is 5.81. The maximum absolute atomic E-state index is 11.5. The molecule has 1 saturated carbocycles. The molecule has 1 aromatic rings. The zero-order chi connectivity index (χ0) is 10.8. The molecular formula is C10H16N4O. The first-order chi connectivity index (χ1) is 7.15. The topological polar surface area (TPSA) is 61.0 Å². The molecule has 0 saturated heterocycles. The molecule has 0 spiro atoms. The summed E-state index contributed by atoms with van der Waals surface area (Å²) in [5.41, 5.74) is 0.999. The van der Waals surface area contributed by atoms with Crippen LogP contribution in [-0.2, 0) is 4.79 Å². The predicted molar refractivity (Wildman–Crippen MR) is 57.8 cm³/mol. The van der Waals surface area contributed by atoms with Crippen LogP contribution in [0.1, 0.15) is 18.5 Å². The molecule has 82 valence electrons. The minimum Gasteiger partial charge on any atom is -0.352 e. The summed E-state index contributed by atoms with van der Waals surface area (Å²) in [6.07, 6.45) is 2.24. The Hall–Kier alpha value is -1.52. The van der Waals surface area contributed by atoms with Crippen molar-refractivity contribution in [2.24, 2.45) is 0 Å². The second-order valence-electron chi connectivity index (χ2n) is 4.11. The molecule has 2 rings (SSSR count). The number of hydrogen-bond donors (Lipinski definition) is 2. The number of amides is 1. The van der Waals surface area contributed by atoms with E-state index in [2.05, 4.69) is 15.5 Å². The van der Waals surface area contributed by atoms with Crippen LogP contribution < -0.4 is 10.2 Å². The Morgan fingerprint density at radius 1 is 1.73 bits per heavy atom. The van der Waals surface area contributed by atoms with Crippen LogP contribution in [0.3, 0.4) is 0 Å². The van der Waals surface area contributed by atoms with Crippen molar-refractivity contribution in [1.29, 1.82) is 0 Å². The quantitative estimate of drug-likeness (QED) is 0.754. The lowest BCUT2D eigenvalue weighted by Crippen LogP contribution is -2.36. The molecule has 5 nitrogen and oxygen atoms in total. The second-order valence-corrected chi connectivity index (χ2v) is 4.11. The molecule has 0 unspecified atom stereocenters. The molecule has 0 radical (unpaired) electrons. The molecule has 1 fully saturated rings. The fraction of sp³-hybridized carbons (Fsp3) is 0.600. The van der Waals surface area contributed by atoms with E-state index in [0.29, 0.717) is 12.6 Å². The van der Waals surface area contributed by atoms with Gasteiger partial charge in [-0.2, -0.15) is 5.10 Å². The molecule has 1 amide bonds. The standard InChI is InChI=1S/C10H16N4O/c1-7-5-9(13-12-7)14(2)6-10(15)11-8-3-4-8/h5,8H,3-4,6H2,1-2H3,(H,11,15)(H,12,13). The highest BCUT2D eigenvalue weighted by Gasteiger charge is 2.23. The third kappa shape index (κ3) is 2.71. The van der Waals surface area contributed by atoms with E-state index in [1.165, 1.54) is 0 Å². The number of rotatable bonds is 4. The molecule has 1 aromatic heterocycles. The fourth-order valence-corrected chi connectivity index (χ4v) is 1.40. The lowest BCUT2D eigenvalue weighted by Gasteiger charge is -2.15. The third-order valence-electron chi connectivity index (χ3n) is 2.41. The minimum absolute atomic E-state index is 0.0700. The summed E-state index contributed by atoms with van der Waals surface area (Å²) in [4.78, 5) is 13.3. The van der Waals surface area contributed by atoms with Gasteiger partial charge >= 0.3 is 0 Å². The number of carbonyl (C=O) groups is 1. The van der Waals surface area contributed by atoms with Gasteiger partial charge in [0.05, 0.1) is 6.54 Å². The maximum atomic E-state index is 11.5. The molecule has 0 bridgehead atoms. The van der Waals surface area contributed by atoms with Gasteiger partial charge in [-0.3, -0.25) is 9.89 Å². The van der Waals surface area contributed by atoms with Crippen molar-refractivity contribution in [2.45, 2.75) is 25.8 Å². The van der Waals surface area contributed by atoms with Crippen LogP contribution >= 0.6 is 0 Å².